The molecule has 2 heteroatoms. The fraction of sp³-hybridized carbons (Fsp3) is 0.400. The fourth-order valence-corrected chi connectivity index (χ4v) is 0.932. The number of hydrogen-bond acceptors (Lipinski definition) is 2. The van der Waals surface area contributed by atoms with Gasteiger partial charge in [0, 0.05) is 11.8 Å². The monoisotopic (exact) mass is 165 g/mol. The summed E-state index contributed by atoms with van der Waals surface area (Å²) >= 11 is 0. The van der Waals surface area contributed by atoms with Crippen molar-refractivity contribution in [2.75, 3.05) is 5.73 Å². The van der Waals surface area contributed by atoms with E-state index in [2.05, 4.69) is 0 Å². The van der Waals surface area contributed by atoms with Crippen LogP contribution in [0.25, 0.3) is 0 Å². The lowest BCUT2D eigenvalue weighted by molar-refractivity contribution is 0.131. The maximum absolute atomic E-state index is 5.60. The van der Waals surface area contributed by atoms with Crippen LogP contribution in [0.1, 0.15) is 20.8 Å². The highest BCUT2D eigenvalue weighted by atomic mass is 16.5. The first kappa shape index (κ1) is 8.91. The van der Waals surface area contributed by atoms with Crippen molar-refractivity contribution in [2.45, 2.75) is 26.4 Å². The molecule has 2 N–H and O–H groups in total. The van der Waals surface area contributed by atoms with E-state index in [9.17, 15) is 0 Å². The van der Waals surface area contributed by atoms with Gasteiger partial charge in [-0.3, -0.25) is 0 Å². The predicted octanol–water partition coefficient (Wildman–Crippen LogP) is 2.45. The second-order valence-electron chi connectivity index (χ2n) is 3.79. The lowest BCUT2D eigenvalue weighted by Crippen LogP contribution is -2.22. The van der Waals surface area contributed by atoms with E-state index < -0.39 is 0 Å². The number of ether oxygens (including phenoxy) is 1. The second-order valence-corrected chi connectivity index (χ2v) is 3.79. The van der Waals surface area contributed by atoms with Gasteiger partial charge in [0.2, 0.25) is 0 Å². The largest absolute Gasteiger partial charge is 0.488 e. The Bertz CT molecular complexity index is 263. The molecule has 0 spiro atoms. The van der Waals surface area contributed by atoms with Gasteiger partial charge in [-0.25, -0.2) is 0 Å². The van der Waals surface area contributed by atoms with Crippen LogP contribution in [0.5, 0.6) is 5.75 Å². The number of anilines is 1. The van der Waals surface area contributed by atoms with E-state index in [-0.39, 0.29) is 5.60 Å². The smallest absolute Gasteiger partial charge is 0.122 e. The van der Waals surface area contributed by atoms with E-state index in [1.165, 1.54) is 0 Å². The Morgan fingerprint density at radius 1 is 1.25 bits per heavy atom. The van der Waals surface area contributed by atoms with Crippen LogP contribution in [-0.2, 0) is 0 Å². The van der Waals surface area contributed by atoms with Crippen molar-refractivity contribution in [1.29, 1.82) is 0 Å². The predicted molar refractivity (Wildman–Crippen MR) is 51.2 cm³/mol. The Hall–Kier alpha value is -1.18. The minimum absolute atomic E-state index is 0.159. The molecule has 1 aromatic carbocycles. The summed E-state index contributed by atoms with van der Waals surface area (Å²) in [6, 6.07) is 7.46. The van der Waals surface area contributed by atoms with E-state index in [0.717, 1.165) is 11.4 Å². The summed E-state index contributed by atoms with van der Waals surface area (Å²) in [7, 11) is 0. The molecule has 0 saturated carbocycles. The molecule has 0 bridgehead atoms. The van der Waals surface area contributed by atoms with E-state index in [4.69, 9.17) is 10.5 Å². The van der Waals surface area contributed by atoms with Crippen LogP contribution in [0, 0.1) is 0 Å². The summed E-state index contributed by atoms with van der Waals surface area (Å²) in [5.74, 6) is 0.822. The van der Waals surface area contributed by atoms with E-state index in [0.29, 0.717) is 0 Å². The van der Waals surface area contributed by atoms with Crippen molar-refractivity contribution in [2.24, 2.45) is 0 Å². The van der Waals surface area contributed by atoms with Crippen LogP contribution in [0.3, 0.4) is 0 Å². The normalized spacial score (nSPS) is 11.2. The topological polar surface area (TPSA) is 35.2 Å². The SMILES string of the molecule is CC(C)(C)Oc1cccc(N)c1. The molecule has 2 nitrogen and oxygen atoms in total. The third kappa shape index (κ3) is 2.82. The minimum atomic E-state index is -0.159. The summed E-state index contributed by atoms with van der Waals surface area (Å²) in [4.78, 5) is 0. The van der Waals surface area contributed by atoms with Crippen LogP contribution in [0.2, 0.25) is 0 Å². The third-order valence-corrected chi connectivity index (χ3v) is 1.28. The van der Waals surface area contributed by atoms with Gasteiger partial charge in [0.25, 0.3) is 0 Å². The summed E-state index contributed by atoms with van der Waals surface area (Å²) in [6.07, 6.45) is 0. The first-order valence-electron chi connectivity index (χ1n) is 4.02. The molecular weight excluding hydrogens is 150 g/mol. The summed E-state index contributed by atoms with van der Waals surface area (Å²) in [5, 5.41) is 0. The molecule has 1 aromatic rings. The van der Waals surface area contributed by atoms with Gasteiger partial charge in [0.1, 0.15) is 11.4 Å². The van der Waals surface area contributed by atoms with Gasteiger partial charge in [0.15, 0.2) is 0 Å². The molecule has 0 heterocycles. The van der Waals surface area contributed by atoms with Gasteiger partial charge in [-0.05, 0) is 32.9 Å². The molecular formula is C10H15NO. The van der Waals surface area contributed by atoms with Crippen LogP contribution in [0.4, 0.5) is 5.69 Å². The molecule has 12 heavy (non-hydrogen) atoms. The van der Waals surface area contributed by atoms with E-state index >= 15 is 0 Å². The fourth-order valence-electron chi connectivity index (χ4n) is 0.932. The Morgan fingerprint density at radius 2 is 1.92 bits per heavy atom. The van der Waals surface area contributed by atoms with Crippen molar-refractivity contribution in [3.8, 4) is 5.75 Å². The highest BCUT2D eigenvalue weighted by molar-refractivity contribution is 5.43. The quantitative estimate of drug-likeness (QED) is 0.649. The standard InChI is InChI=1S/C10H15NO/c1-10(2,3)12-9-6-4-5-8(11)7-9/h4-7H,11H2,1-3H3. The van der Waals surface area contributed by atoms with Crippen LogP contribution < -0.4 is 10.5 Å². The minimum Gasteiger partial charge on any atom is -0.488 e. The number of nitrogen functional groups attached to an aromatic ring is 1. The van der Waals surface area contributed by atoms with Crippen LogP contribution in [-0.4, -0.2) is 5.60 Å². The lowest BCUT2D eigenvalue weighted by Gasteiger charge is -2.21. The van der Waals surface area contributed by atoms with Crippen molar-refractivity contribution in [3.63, 3.8) is 0 Å². The molecule has 66 valence electrons. The molecule has 0 radical (unpaired) electrons. The Labute approximate surface area is 73.3 Å². The number of hydrogen-bond donors (Lipinski definition) is 1. The summed E-state index contributed by atoms with van der Waals surface area (Å²) in [6.45, 7) is 6.03. The number of benzene rings is 1. The zero-order valence-corrected chi connectivity index (χ0v) is 7.79. The van der Waals surface area contributed by atoms with Crippen molar-refractivity contribution < 1.29 is 4.74 Å². The first-order chi connectivity index (χ1) is 5.47. The zero-order valence-electron chi connectivity index (χ0n) is 7.79. The lowest BCUT2D eigenvalue weighted by atomic mass is 10.2. The first-order valence-corrected chi connectivity index (χ1v) is 4.02. The van der Waals surface area contributed by atoms with Crippen molar-refractivity contribution >= 4 is 5.69 Å². The average Bonchev–Trinajstić information content (AvgIpc) is 1.82. The van der Waals surface area contributed by atoms with Gasteiger partial charge < -0.3 is 10.5 Å². The van der Waals surface area contributed by atoms with Crippen molar-refractivity contribution in [3.05, 3.63) is 24.3 Å². The summed E-state index contributed by atoms with van der Waals surface area (Å²) < 4.78 is 5.60. The van der Waals surface area contributed by atoms with Gasteiger partial charge in [0.05, 0.1) is 0 Å². The van der Waals surface area contributed by atoms with Gasteiger partial charge in [-0.1, -0.05) is 6.07 Å². The molecule has 1 rings (SSSR count). The average molecular weight is 165 g/mol. The number of nitrogens with two attached hydrogens (primary N) is 1. The second kappa shape index (κ2) is 3.05. The Morgan fingerprint density at radius 3 is 2.42 bits per heavy atom. The van der Waals surface area contributed by atoms with Gasteiger partial charge >= 0.3 is 0 Å². The van der Waals surface area contributed by atoms with Crippen molar-refractivity contribution in [1.82, 2.24) is 0 Å². The maximum atomic E-state index is 5.60. The molecule has 0 aliphatic carbocycles. The molecule has 0 atom stereocenters. The van der Waals surface area contributed by atoms with Crippen LogP contribution in [0.15, 0.2) is 24.3 Å². The maximum Gasteiger partial charge on any atom is 0.122 e. The Kier molecular flexibility index (Phi) is 2.27. The van der Waals surface area contributed by atoms with E-state index in [1.54, 1.807) is 0 Å². The van der Waals surface area contributed by atoms with Crippen LogP contribution >= 0.6 is 0 Å². The molecule has 0 aromatic heterocycles. The van der Waals surface area contributed by atoms with Gasteiger partial charge in [-0.2, -0.15) is 0 Å². The molecule has 0 saturated heterocycles. The molecule has 0 aliphatic heterocycles. The molecule has 0 aliphatic rings. The van der Waals surface area contributed by atoms with Gasteiger partial charge in [-0.15, -0.1) is 0 Å². The molecule has 0 fully saturated rings. The molecule has 0 unspecified atom stereocenters. The zero-order chi connectivity index (χ0) is 9.19. The van der Waals surface area contributed by atoms with E-state index in [1.807, 2.05) is 45.0 Å². The number of rotatable bonds is 1. The summed E-state index contributed by atoms with van der Waals surface area (Å²) in [5.41, 5.74) is 6.17. The molecule has 0 amide bonds. The Balaban J connectivity index is 2.77. The highest BCUT2D eigenvalue weighted by Crippen LogP contribution is 2.19. The third-order valence-electron chi connectivity index (χ3n) is 1.28. The highest BCUT2D eigenvalue weighted by Gasteiger charge is 2.10.